The Morgan fingerprint density at radius 3 is 2.42 bits per heavy atom. The summed E-state index contributed by atoms with van der Waals surface area (Å²) < 4.78 is 7.11. The predicted molar refractivity (Wildman–Crippen MR) is 126 cm³/mol. The minimum absolute atomic E-state index is 0.0662. The van der Waals surface area contributed by atoms with E-state index < -0.39 is 0 Å². The third-order valence-electron chi connectivity index (χ3n) is 5.48. The van der Waals surface area contributed by atoms with E-state index in [1.165, 1.54) is 11.1 Å². The molecule has 2 amide bonds. The number of hydrogen-bond donors (Lipinski definition) is 1. The fourth-order valence-electron chi connectivity index (χ4n) is 3.78. The summed E-state index contributed by atoms with van der Waals surface area (Å²) in [5, 5.41) is 7.24. The Morgan fingerprint density at radius 2 is 1.82 bits per heavy atom. The highest BCUT2D eigenvalue weighted by atomic mass is 16.5. The van der Waals surface area contributed by atoms with Crippen molar-refractivity contribution >= 4 is 23.2 Å². The van der Waals surface area contributed by atoms with Crippen LogP contribution in [-0.4, -0.2) is 71.4 Å². The van der Waals surface area contributed by atoms with Crippen LogP contribution in [0.5, 0.6) is 0 Å². The first-order valence-electron chi connectivity index (χ1n) is 10.9. The summed E-state index contributed by atoms with van der Waals surface area (Å²) in [6, 6.07) is 13.1. The monoisotopic (exact) mass is 448 g/mol. The number of amides is 2. The van der Waals surface area contributed by atoms with E-state index in [-0.39, 0.29) is 18.4 Å². The highest BCUT2D eigenvalue weighted by molar-refractivity contribution is 5.99. The van der Waals surface area contributed by atoms with Crippen molar-refractivity contribution < 1.29 is 14.3 Å². The maximum atomic E-state index is 12.7. The van der Waals surface area contributed by atoms with Crippen molar-refractivity contribution in [1.29, 1.82) is 0 Å². The number of likely N-dealkylation sites (N-methyl/N-ethyl adjacent to an activating group) is 1. The molecule has 0 bridgehead atoms. The van der Waals surface area contributed by atoms with Gasteiger partial charge in [-0.1, -0.05) is 0 Å². The largest absolute Gasteiger partial charge is 0.378 e. The van der Waals surface area contributed by atoms with E-state index in [0.717, 1.165) is 43.4 Å². The molecule has 0 radical (unpaired) electrons. The number of pyridine rings is 1. The number of nitrogens with one attached hydrogen (secondary N) is 1. The first kappa shape index (κ1) is 22.5. The molecule has 1 aromatic carbocycles. The molecule has 9 heteroatoms. The Hall–Kier alpha value is -3.72. The van der Waals surface area contributed by atoms with Crippen molar-refractivity contribution in [1.82, 2.24) is 19.7 Å². The molecular formula is C24H28N6O3. The molecule has 0 unspecified atom stereocenters. The number of nitrogens with zero attached hydrogens (tertiary/aromatic N) is 5. The third kappa shape index (κ3) is 5.38. The summed E-state index contributed by atoms with van der Waals surface area (Å²) in [6.45, 7) is 6.96. The molecule has 2 aromatic heterocycles. The summed E-state index contributed by atoms with van der Waals surface area (Å²) in [7, 11) is 1.60. The molecule has 1 fully saturated rings. The number of carbonyl (C=O) groups excluding carboxylic acids is 2. The Kier molecular flexibility index (Phi) is 6.69. The lowest BCUT2D eigenvalue weighted by atomic mass is 10.2. The minimum atomic E-state index is -0.278. The van der Waals surface area contributed by atoms with Gasteiger partial charge in [0.25, 0.3) is 5.91 Å². The highest BCUT2D eigenvalue weighted by Gasteiger charge is 2.17. The van der Waals surface area contributed by atoms with Crippen molar-refractivity contribution in [3.8, 4) is 5.82 Å². The molecule has 33 heavy (non-hydrogen) atoms. The number of hydrogen-bond acceptors (Lipinski definition) is 6. The Labute approximate surface area is 193 Å². The van der Waals surface area contributed by atoms with Crippen LogP contribution in [0.15, 0.2) is 48.7 Å². The van der Waals surface area contributed by atoms with Crippen LogP contribution in [0, 0.1) is 13.8 Å². The van der Waals surface area contributed by atoms with Crippen molar-refractivity contribution in [3.05, 3.63) is 65.6 Å². The van der Waals surface area contributed by atoms with Crippen LogP contribution < -0.4 is 10.2 Å². The molecular weight excluding hydrogens is 420 g/mol. The van der Waals surface area contributed by atoms with Gasteiger partial charge in [-0.2, -0.15) is 5.10 Å². The van der Waals surface area contributed by atoms with E-state index in [1.54, 1.807) is 23.9 Å². The van der Waals surface area contributed by atoms with Gasteiger partial charge in [0.15, 0.2) is 5.82 Å². The van der Waals surface area contributed by atoms with Gasteiger partial charge in [-0.15, -0.1) is 0 Å². The van der Waals surface area contributed by atoms with E-state index in [2.05, 4.69) is 20.3 Å². The lowest BCUT2D eigenvalue weighted by Crippen LogP contribution is -2.36. The van der Waals surface area contributed by atoms with Gasteiger partial charge in [-0.25, -0.2) is 9.67 Å². The molecule has 172 valence electrons. The van der Waals surface area contributed by atoms with E-state index >= 15 is 0 Å². The van der Waals surface area contributed by atoms with Gasteiger partial charge in [0.1, 0.15) is 0 Å². The van der Waals surface area contributed by atoms with Gasteiger partial charge in [-0.3, -0.25) is 9.59 Å². The number of anilines is 2. The molecule has 0 atom stereocenters. The summed E-state index contributed by atoms with van der Waals surface area (Å²) in [4.78, 5) is 33.2. The zero-order valence-electron chi connectivity index (χ0n) is 19.1. The standard InChI is InChI=1S/C24H28N6O3/c1-17-14-18(2)30(27-17)22-9-4-19(15-25-22)24(32)28(3)16-23(31)26-20-5-7-21(8-6-20)29-10-12-33-13-11-29/h4-9,14-15H,10-13,16H2,1-3H3,(H,26,31). The highest BCUT2D eigenvalue weighted by Crippen LogP contribution is 2.19. The quantitative estimate of drug-likeness (QED) is 0.623. The van der Waals surface area contributed by atoms with E-state index in [4.69, 9.17) is 4.74 Å². The van der Waals surface area contributed by atoms with Crippen molar-refractivity contribution in [2.45, 2.75) is 13.8 Å². The van der Waals surface area contributed by atoms with Gasteiger partial charge >= 0.3 is 0 Å². The summed E-state index contributed by atoms with van der Waals surface area (Å²) in [6.07, 6.45) is 1.51. The zero-order valence-corrected chi connectivity index (χ0v) is 19.1. The van der Waals surface area contributed by atoms with E-state index in [9.17, 15) is 9.59 Å². The number of carbonyl (C=O) groups is 2. The van der Waals surface area contributed by atoms with Gasteiger partial charge in [-0.05, 0) is 56.3 Å². The normalized spacial score (nSPS) is 13.6. The van der Waals surface area contributed by atoms with Crippen LogP contribution in [0.1, 0.15) is 21.7 Å². The first-order chi connectivity index (χ1) is 15.9. The minimum Gasteiger partial charge on any atom is -0.378 e. The molecule has 4 rings (SSSR count). The summed E-state index contributed by atoms with van der Waals surface area (Å²) in [5.74, 6) is 0.0931. The van der Waals surface area contributed by atoms with Crippen molar-refractivity contribution in [2.24, 2.45) is 0 Å². The molecule has 3 aromatic rings. The molecule has 3 heterocycles. The van der Waals surface area contributed by atoms with E-state index in [1.807, 2.05) is 44.2 Å². The van der Waals surface area contributed by atoms with Crippen molar-refractivity contribution in [3.63, 3.8) is 0 Å². The van der Waals surface area contributed by atoms with Crippen LogP contribution in [0.4, 0.5) is 11.4 Å². The smallest absolute Gasteiger partial charge is 0.255 e. The Bertz CT molecular complexity index is 1120. The molecule has 0 aliphatic carbocycles. The second-order valence-electron chi connectivity index (χ2n) is 8.10. The van der Waals surface area contributed by atoms with E-state index in [0.29, 0.717) is 17.1 Å². The van der Waals surface area contributed by atoms with Crippen LogP contribution in [0.25, 0.3) is 5.82 Å². The van der Waals surface area contributed by atoms with Gasteiger partial charge in [0, 0.05) is 43.4 Å². The first-order valence-corrected chi connectivity index (χ1v) is 10.9. The molecule has 1 saturated heterocycles. The molecule has 0 spiro atoms. The van der Waals surface area contributed by atoms with Crippen LogP contribution in [0.2, 0.25) is 0 Å². The predicted octanol–water partition coefficient (Wildman–Crippen LogP) is 2.43. The van der Waals surface area contributed by atoms with Crippen LogP contribution in [-0.2, 0) is 9.53 Å². The van der Waals surface area contributed by atoms with Crippen LogP contribution in [0.3, 0.4) is 0 Å². The number of rotatable bonds is 6. The van der Waals surface area contributed by atoms with Gasteiger partial charge < -0.3 is 19.9 Å². The maximum absolute atomic E-state index is 12.7. The fraction of sp³-hybridized carbons (Fsp3) is 0.333. The number of benzene rings is 1. The molecule has 0 saturated carbocycles. The molecule has 9 nitrogen and oxygen atoms in total. The lowest BCUT2D eigenvalue weighted by Gasteiger charge is -2.28. The third-order valence-corrected chi connectivity index (χ3v) is 5.48. The number of aryl methyl sites for hydroxylation is 2. The Balaban J connectivity index is 1.32. The molecule has 1 aliphatic rings. The lowest BCUT2D eigenvalue weighted by molar-refractivity contribution is -0.116. The van der Waals surface area contributed by atoms with Crippen molar-refractivity contribution in [2.75, 3.05) is 50.1 Å². The second-order valence-corrected chi connectivity index (χ2v) is 8.10. The summed E-state index contributed by atoms with van der Waals surface area (Å²) in [5.41, 5.74) is 4.06. The van der Waals surface area contributed by atoms with Gasteiger partial charge in [0.05, 0.1) is 31.0 Å². The van der Waals surface area contributed by atoms with Gasteiger partial charge in [0.2, 0.25) is 5.91 Å². The van der Waals surface area contributed by atoms with Crippen LogP contribution >= 0.6 is 0 Å². The number of aromatic nitrogens is 3. The Morgan fingerprint density at radius 1 is 1.09 bits per heavy atom. The topological polar surface area (TPSA) is 92.6 Å². The fourth-order valence-corrected chi connectivity index (χ4v) is 3.78. The SMILES string of the molecule is Cc1cc(C)n(-c2ccc(C(=O)N(C)CC(=O)Nc3ccc(N4CCOCC4)cc3)cn2)n1. The maximum Gasteiger partial charge on any atom is 0.255 e. The second kappa shape index (κ2) is 9.83. The number of morpholine rings is 1. The molecule has 1 aliphatic heterocycles. The average Bonchev–Trinajstić information content (AvgIpc) is 3.17. The summed E-state index contributed by atoms with van der Waals surface area (Å²) >= 11 is 0. The average molecular weight is 449 g/mol. The number of ether oxygens (including phenoxy) is 1. The molecule has 1 N–H and O–H groups in total. The zero-order chi connectivity index (χ0) is 23.4.